The fourth-order valence-corrected chi connectivity index (χ4v) is 3.31. The molecule has 1 fully saturated rings. The summed E-state index contributed by atoms with van der Waals surface area (Å²) in [5, 5.41) is 11.3. The summed E-state index contributed by atoms with van der Waals surface area (Å²) in [5.74, 6) is -0.960. The zero-order valence-electron chi connectivity index (χ0n) is 14.9. The van der Waals surface area contributed by atoms with Gasteiger partial charge >= 0.3 is 11.7 Å². The molecule has 0 radical (unpaired) electrons. The Morgan fingerprint density at radius 1 is 1.11 bits per heavy atom. The molecule has 1 aromatic heterocycles. The van der Waals surface area contributed by atoms with Crippen LogP contribution in [0.5, 0.6) is 0 Å². The molecule has 144 valence electrons. The van der Waals surface area contributed by atoms with Gasteiger partial charge in [-0.1, -0.05) is 24.3 Å². The molecule has 4 N–H and O–H groups in total. The standard InChI is InChI=1S/C19H19N5O4/c25-17-15-3-1-2-4-16(15)20-19(28)24(17)11-14-10-23(22-21-14)9-12-5-7-13(8-6-12)18(26)27/h1-8,14,21-22H,9-11H2,(H,20,28)(H,26,27). The van der Waals surface area contributed by atoms with E-state index in [1.807, 2.05) is 5.01 Å². The SMILES string of the molecule is O=C(O)c1ccc(CN2CC(Cn3c(=O)[nH]c4ccccc4c3=O)NN2)cc1. The average Bonchev–Trinajstić information content (AvgIpc) is 3.12. The van der Waals surface area contributed by atoms with Crippen LogP contribution in [0.4, 0.5) is 0 Å². The van der Waals surface area contributed by atoms with E-state index in [1.54, 1.807) is 48.5 Å². The molecule has 1 saturated heterocycles. The molecule has 0 spiro atoms. The van der Waals surface area contributed by atoms with Crippen LogP contribution in [0.2, 0.25) is 0 Å². The van der Waals surface area contributed by atoms with Crippen LogP contribution in [0.15, 0.2) is 58.1 Å². The third-order valence-corrected chi connectivity index (χ3v) is 4.73. The molecule has 9 nitrogen and oxygen atoms in total. The van der Waals surface area contributed by atoms with Crippen molar-refractivity contribution in [3.05, 3.63) is 80.5 Å². The summed E-state index contributed by atoms with van der Waals surface area (Å²) in [4.78, 5) is 38.6. The topological polar surface area (TPSA) is 119 Å². The number of para-hydroxylation sites is 1. The van der Waals surface area contributed by atoms with E-state index in [4.69, 9.17) is 5.11 Å². The van der Waals surface area contributed by atoms with Gasteiger partial charge < -0.3 is 10.1 Å². The van der Waals surface area contributed by atoms with Crippen LogP contribution >= 0.6 is 0 Å². The minimum atomic E-state index is -0.960. The number of aromatic nitrogens is 2. The molecule has 0 amide bonds. The number of aromatic amines is 1. The first-order chi connectivity index (χ1) is 13.5. The fourth-order valence-electron chi connectivity index (χ4n) is 3.31. The number of nitrogens with one attached hydrogen (secondary N) is 3. The molecule has 0 bridgehead atoms. The summed E-state index contributed by atoms with van der Waals surface area (Å²) in [6.07, 6.45) is 0. The Bertz CT molecular complexity index is 1140. The molecule has 1 atom stereocenters. The number of hydrazine groups is 2. The summed E-state index contributed by atoms with van der Waals surface area (Å²) < 4.78 is 1.20. The minimum Gasteiger partial charge on any atom is -0.478 e. The highest BCUT2D eigenvalue weighted by atomic mass is 16.4. The van der Waals surface area contributed by atoms with Gasteiger partial charge in [-0.15, -0.1) is 0 Å². The van der Waals surface area contributed by atoms with Crippen molar-refractivity contribution in [1.82, 2.24) is 25.5 Å². The number of fused-ring (bicyclic) bond motifs is 1. The average molecular weight is 381 g/mol. The largest absolute Gasteiger partial charge is 0.478 e. The van der Waals surface area contributed by atoms with Crippen LogP contribution in [0.3, 0.4) is 0 Å². The van der Waals surface area contributed by atoms with E-state index in [9.17, 15) is 14.4 Å². The molecule has 2 heterocycles. The molecule has 28 heavy (non-hydrogen) atoms. The maximum atomic E-state index is 12.6. The van der Waals surface area contributed by atoms with Gasteiger partial charge in [-0.25, -0.2) is 20.0 Å². The third kappa shape index (κ3) is 3.58. The minimum absolute atomic E-state index is 0.141. The molecule has 0 saturated carbocycles. The van der Waals surface area contributed by atoms with Crippen LogP contribution < -0.4 is 22.2 Å². The van der Waals surface area contributed by atoms with Gasteiger partial charge in [-0.2, -0.15) is 5.53 Å². The zero-order valence-corrected chi connectivity index (χ0v) is 14.9. The van der Waals surface area contributed by atoms with E-state index in [2.05, 4.69) is 15.9 Å². The number of carboxylic acid groups (broad SMARTS) is 1. The Balaban J connectivity index is 1.45. The van der Waals surface area contributed by atoms with Crippen LogP contribution in [-0.2, 0) is 13.1 Å². The first-order valence-corrected chi connectivity index (χ1v) is 8.81. The van der Waals surface area contributed by atoms with E-state index >= 15 is 0 Å². The number of aromatic carboxylic acids is 1. The van der Waals surface area contributed by atoms with Gasteiger partial charge in [0.15, 0.2) is 0 Å². The molecular formula is C19H19N5O4. The molecule has 1 unspecified atom stereocenters. The summed E-state index contributed by atoms with van der Waals surface area (Å²) >= 11 is 0. The van der Waals surface area contributed by atoms with Crippen LogP contribution in [0.25, 0.3) is 10.9 Å². The van der Waals surface area contributed by atoms with Crippen molar-refractivity contribution in [2.45, 2.75) is 19.1 Å². The molecule has 2 aromatic carbocycles. The molecule has 9 heteroatoms. The van der Waals surface area contributed by atoms with Crippen molar-refractivity contribution in [3.63, 3.8) is 0 Å². The lowest BCUT2D eigenvalue weighted by Gasteiger charge is -2.14. The van der Waals surface area contributed by atoms with Crippen LogP contribution in [0.1, 0.15) is 15.9 Å². The fraction of sp³-hybridized carbons (Fsp3) is 0.211. The predicted molar refractivity (Wildman–Crippen MR) is 103 cm³/mol. The van der Waals surface area contributed by atoms with Gasteiger partial charge in [0.2, 0.25) is 0 Å². The van der Waals surface area contributed by atoms with Gasteiger partial charge in [0, 0.05) is 19.6 Å². The number of benzene rings is 2. The Labute approximate surface area is 159 Å². The molecule has 4 rings (SSSR count). The highest BCUT2D eigenvalue weighted by Gasteiger charge is 2.23. The van der Waals surface area contributed by atoms with Crippen LogP contribution in [0, 0.1) is 0 Å². The van der Waals surface area contributed by atoms with Crippen molar-refractivity contribution < 1.29 is 9.90 Å². The second-order valence-corrected chi connectivity index (χ2v) is 6.73. The van der Waals surface area contributed by atoms with E-state index < -0.39 is 11.7 Å². The lowest BCUT2D eigenvalue weighted by atomic mass is 10.1. The Morgan fingerprint density at radius 3 is 2.61 bits per heavy atom. The molecule has 3 aromatic rings. The van der Waals surface area contributed by atoms with E-state index in [1.165, 1.54) is 4.57 Å². The van der Waals surface area contributed by atoms with E-state index in [0.717, 1.165) is 5.56 Å². The van der Waals surface area contributed by atoms with Crippen molar-refractivity contribution in [3.8, 4) is 0 Å². The van der Waals surface area contributed by atoms with Crippen molar-refractivity contribution in [2.75, 3.05) is 6.54 Å². The second-order valence-electron chi connectivity index (χ2n) is 6.73. The molecule has 1 aliphatic rings. The number of hydrogen-bond acceptors (Lipinski definition) is 6. The highest BCUT2D eigenvalue weighted by Crippen LogP contribution is 2.09. The lowest BCUT2D eigenvalue weighted by molar-refractivity contribution is 0.0697. The first kappa shape index (κ1) is 18.1. The first-order valence-electron chi connectivity index (χ1n) is 8.81. The molecular weight excluding hydrogens is 362 g/mol. The van der Waals surface area contributed by atoms with Crippen molar-refractivity contribution >= 4 is 16.9 Å². The number of H-pyrrole nitrogens is 1. The summed E-state index contributed by atoms with van der Waals surface area (Å²) in [6.45, 7) is 1.34. The smallest absolute Gasteiger partial charge is 0.335 e. The van der Waals surface area contributed by atoms with Gasteiger partial charge in [0.25, 0.3) is 5.56 Å². The van der Waals surface area contributed by atoms with E-state index in [0.29, 0.717) is 24.0 Å². The number of hydrogen-bond donors (Lipinski definition) is 4. The summed E-state index contributed by atoms with van der Waals surface area (Å²) in [6, 6.07) is 13.4. The Morgan fingerprint density at radius 2 is 1.86 bits per heavy atom. The van der Waals surface area contributed by atoms with E-state index in [-0.39, 0.29) is 23.7 Å². The summed E-state index contributed by atoms with van der Waals surface area (Å²) in [5.41, 5.74) is 7.06. The predicted octanol–water partition coefficient (Wildman–Crippen LogP) is 0.282. The number of carboxylic acids is 1. The number of rotatable bonds is 5. The van der Waals surface area contributed by atoms with Gasteiger partial charge in [0.1, 0.15) is 0 Å². The van der Waals surface area contributed by atoms with Gasteiger partial charge in [-0.3, -0.25) is 9.36 Å². The Hall–Kier alpha value is -3.27. The monoisotopic (exact) mass is 381 g/mol. The lowest BCUT2D eigenvalue weighted by Crippen LogP contribution is -2.43. The normalized spacial score (nSPS) is 17.2. The quantitative estimate of drug-likeness (QED) is 0.501. The second kappa shape index (κ2) is 7.39. The summed E-state index contributed by atoms with van der Waals surface area (Å²) in [7, 11) is 0. The molecule has 0 aliphatic carbocycles. The maximum Gasteiger partial charge on any atom is 0.335 e. The number of carbonyl (C=O) groups is 1. The van der Waals surface area contributed by atoms with Crippen molar-refractivity contribution in [2.24, 2.45) is 0 Å². The highest BCUT2D eigenvalue weighted by molar-refractivity contribution is 5.87. The van der Waals surface area contributed by atoms with Gasteiger partial charge in [-0.05, 0) is 29.8 Å². The van der Waals surface area contributed by atoms with Crippen molar-refractivity contribution in [1.29, 1.82) is 0 Å². The Kier molecular flexibility index (Phi) is 4.78. The molecule has 1 aliphatic heterocycles. The van der Waals surface area contributed by atoms with Crippen LogP contribution in [-0.4, -0.2) is 38.2 Å². The third-order valence-electron chi connectivity index (χ3n) is 4.73. The van der Waals surface area contributed by atoms with Gasteiger partial charge in [0.05, 0.1) is 22.5 Å². The maximum absolute atomic E-state index is 12.6. The number of nitrogens with zero attached hydrogens (tertiary/aromatic N) is 2. The zero-order chi connectivity index (χ0) is 19.7.